The zero-order chi connectivity index (χ0) is 26.0. The zero-order valence-electron chi connectivity index (χ0n) is 20.4. The maximum Gasteiger partial charge on any atom is 0.330 e. The molecule has 0 spiro atoms. The van der Waals surface area contributed by atoms with Crippen molar-refractivity contribution >= 4 is 58.3 Å². The normalized spacial score (nSPS) is 14.0. The molecule has 2 heterocycles. The van der Waals surface area contributed by atoms with Crippen LogP contribution in [0.5, 0.6) is 0 Å². The van der Waals surface area contributed by atoms with Gasteiger partial charge >= 0.3 is 6.03 Å². The van der Waals surface area contributed by atoms with Crippen molar-refractivity contribution in [2.75, 3.05) is 36.3 Å². The van der Waals surface area contributed by atoms with Crippen molar-refractivity contribution in [3.63, 3.8) is 0 Å². The van der Waals surface area contributed by atoms with Crippen LogP contribution >= 0.6 is 23.2 Å². The molecular weight excluding hydrogens is 501 g/mol. The van der Waals surface area contributed by atoms with Crippen LogP contribution in [0.4, 0.5) is 27.9 Å². The Hall–Kier alpha value is -3.40. The second-order valence-electron chi connectivity index (χ2n) is 8.61. The molecule has 0 radical (unpaired) electrons. The Labute approximate surface area is 220 Å². The van der Waals surface area contributed by atoms with Gasteiger partial charge in [-0.1, -0.05) is 42.3 Å². The van der Waals surface area contributed by atoms with Gasteiger partial charge in [-0.25, -0.2) is 9.78 Å². The number of urea groups is 1. The second kappa shape index (κ2) is 10.7. The van der Waals surface area contributed by atoms with Crippen molar-refractivity contribution in [2.24, 2.45) is 0 Å². The predicted molar refractivity (Wildman–Crippen MR) is 143 cm³/mol. The number of nitrogens with one attached hydrogen (secondary N) is 2. The van der Waals surface area contributed by atoms with Gasteiger partial charge in [-0.05, 0) is 50.8 Å². The molecule has 1 aliphatic heterocycles. The number of fused-ring (bicyclic) bond motifs is 1. The maximum atomic E-state index is 13.1. The molecule has 0 bridgehead atoms. The first-order valence-electron chi connectivity index (χ1n) is 11.4. The molecule has 9 nitrogen and oxygen atoms in total. The van der Waals surface area contributed by atoms with Crippen LogP contribution in [-0.4, -0.2) is 54.1 Å². The van der Waals surface area contributed by atoms with Gasteiger partial charge in [-0.2, -0.15) is 4.98 Å². The van der Waals surface area contributed by atoms with Crippen LogP contribution in [0.25, 0.3) is 0 Å². The van der Waals surface area contributed by atoms with E-state index in [-0.39, 0.29) is 24.6 Å². The van der Waals surface area contributed by atoms with E-state index in [2.05, 4.69) is 20.6 Å². The minimum atomic E-state index is -0.313. The summed E-state index contributed by atoms with van der Waals surface area (Å²) in [5, 5.41) is 6.90. The standard InChI is InChI=1S/C25H27Cl2N7O2/c1-5-20(32(2)3)30-23(35)15-8-6-9-17(12-15)29-24-28-13-16-14-34(25(36)33(4)22(16)31-24)21-18(26)10-7-11-19(21)27/h6-13,20H,5,14H2,1-4H3,(H,30,35)(H,28,29,31). The van der Waals surface area contributed by atoms with Gasteiger partial charge in [-0.15, -0.1) is 0 Å². The van der Waals surface area contributed by atoms with E-state index in [9.17, 15) is 9.59 Å². The summed E-state index contributed by atoms with van der Waals surface area (Å²) in [5.41, 5.74) is 2.34. The second-order valence-corrected chi connectivity index (χ2v) is 9.42. The van der Waals surface area contributed by atoms with E-state index in [1.807, 2.05) is 32.0 Å². The summed E-state index contributed by atoms with van der Waals surface area (Å²) in [6, 6.07) is 11.9. The van der Waals surface area contributed by atoms with E-state index in [0.29, 0.717) is 38.7 Å². The van der Waals surface area contributed by atoms with Crippen LogP contribution in [0.3, 0.4) is 0 Å². The molecule has 1 aromatic heterocycles. The fraction of sp³-hybridized carbons (Fsp3) is 0.280. The maximum absolute atomic E-state index is 13.1. The summed E-state index contributed by atoms with van der Waals surface area (Å²) in [7, 11) is 5.47. The van der Waals surface area contributed by atoms with Gasteiger partial charge < -0.3 is 10.6 Å². The molecule has 11 heteroatoms. The number of aromatic nitrogens is 2. The van der Waals surface area contributed by atoms with Gasteiger partial charge in [0.05, 0.1) is 28.4 Å². The van der Waals surface area contributed by atoms with E-state index in [1.54, 1.807) is 49.6 Å². The van der Waals surface area contributed by atoms with Crippen LogP contribution < -0.4 is 20.4 Å². The lowest BCUT2D eigenvalue weighted by molar-refractivity contribution is 0.0887. The first-order chi connectivity index (χ1) is 17.2. The lowest BCUT2D eigenvalue weighted by atomic mass is 10.1. The number of nitrogens with zero attached hydrogens (tertiary/aromatic N) is 5. The fourth-order valence-corrected chi connectivity index (χ4v) is 4.59. The summed E-state index contributed by atoms with van der Waals surface area (Å²) in [5.74, 6) is 0.603. The summed E-state index contributed by atoms with van der Waals surface area (Å²) >= 11 is 12.7. The number of hydrogen-bond donors (Lipinski definition) is 2. The minimum absolute atomic E-state index is 0.0635. The molecule has 1 unspecified atom stereocenters. The number of amides is 3. The van der Waals surface area contributed by atoms with Crippen LogP contribution in [0.1, 0.15) is 29.3 Å². The number of carbonyl (C=O) groups excluding carboxylic acids is 2. The molecule has 2 N–H and O–H groups in total. The third kappa shape index (κ3) is 5.23. The van der Waals surface area contributed by atoms with E-state index in [1.165, 1.54) is 9.80 Å². The average Bonchev–Trinajstić information content (AvgIpc) is 2.85. The molecule has 36 heavy (non-hydrogen) atoms. The van der Waals surface area contributed by atoms with Crippen molar-refractivity contribution in [2.45, 2.75) is 26.1 Å². The average molecular weight is 528 g/mol. The van der Waals surface area contributed by atoms with Gasteiger partial charge in [0.25, 0.3) is 5.91 Å². The number of carbonyl (C=O) groups is 2. The van der Waals surface area contributed by atoms with Crippen LogP contribution in [0, 0.1) is 0 Å². The third-order valence-corrected chi connectivity index (χ3v) is 6.51. The van der Waals surface area contributed by atoms with E-state index < -0.39 is 0 Å². The molecule has 0 fully saturated rings. The van der Waals surface area contributed by atoms with Crippen molar-refractivity contribution in [1.29, 1.82) is 0 Å². The Morgan fingerprint density at radius 2 is 1.86 bits per heavy atom. The Morgan fingerprint density at radius 1 is 1.17 bits per heavy atom. The van der Waals surface area contributed by atoms with Crippen molar-refractivity contribution in [1.82, 2.24) is 20.2 Å². The molecule has 188 valence electrons. The Bertz CT molecular complexity index is 1280. The van der Waals surface area contributed by atoms with Gasteiger partial charge in [0.1, 0.15) is 5.82 Å². The lowest BCUT2D eigenvalue weighted by Gasteiger charge is -2.34. The molecule has 1 atom stereocenters. The van der Waals surface area contributed by atoms with Gasteiger partial charge in [-0.3, -0.25) is 19.5 Å². The molecular formula is C25H27Cl2N7O2. The SMILES string of the molecule is CCC(NC(=O)c1cccc(Nc2ncc3c(n2)N(C)C(=O)N(c2c(Cl)cccc2Cl)C3)c1)N(C)C. The Morgan fingerprint density at radius 3 is 2.53 bits per heavy atom. The minimum Gasteiger partial charge on any atom is -0.337 e. The largest absolute Gasteiger partial charge is 0.337 e. The van der Waals surface area contributed by atoms with E-state index >= 15 is 0 Å². The Balaban J connectivity index is 1.55. The highest BCUT2D eigenvalue weighted by atomic mass is 35.5. The Kier molecular flexibility index (Phi) is 7.63. The summed E-state index contributed by atoms with van der Waals surface area (Å²) in [6.45, 7) is 2.24. The first-order valence-corrected chi connectivity index (χ1v) is 12.1. The zero-order valence-corrected chi connectivity index (χ0v) is 21.9. The summed E-state index contributed by atoms with van der Waals surface area (Å²) in [4.78, 5) is 39.7. The van der Waals surface area contributed by atoms with Crippen molar-refractivity contribution in [3.05, 3.63) is 69.8 Å². The van der Waals surface area contributed by atoms with Crippen LogP contribution in [0.2, 0.25) is 10.0 Å². The molecule has 0 saturated heterocycles. The fourth-order valence-electron chi connectivity index (χ4n) is 3.99. The number of rotatable bonds is 7. The number of halogens is 2. The molecule has 4 rings (SSSR count). The van der Waals surface area contributed by atoms with Gasteiger partial charge in [0.15, 0.2) is 0 Å². The number of hydrogen-bond acceptors (Lipinski definition) is 6. The number of anilines is 4. The topological polar surface area (TPSA) is 93.7 Å². The quantitative estimate of drug-likeness (QED) is 0.413. The van der Waals surface area contributed by atoms with E-state index in [4.69, 9.17) is 23.2 Å². The highest BCUT2D eigenvalue weighted by Crippen LogP contribution is 2.38. The number of para-hydroxylation sites is 1. The molecule has 3 amide bonds. The monoisotopic (exact) mass is 527 g/mol. The summed E-state index contributed by atoms with van der Waals surface area (Å²) in [6.07, 6.45) is 2.38. The van der Waals surface area contributed by atoms with Crippen molar-refractivity contribution in [3.8, 4) is 0 Å². The first kappa shape index (κ1) is 25.7. The van der Waals surface area contributed by atoms with Crippen molar-refractivity contribution < 1.29 is 9.59 Å². The van der Waals surface area contributed by atoms with Gasteiger partial charge in [0.2, 0.25) is 5.95 Å². The highest BCUT2D eigenvalue weighted by molar-refractivity contribution is 6.40. The third-order valence-electron chi connectivity index (χ3n) is 5.90. The molecule has 0 aliphatic carbocycles. The lowest BCUT2D eigenvalue weighted by Crippen LogP contribution is -2.46. The van der Waals surface area contributed by atoms with Crippen LogP contribution in [0.15, 0.2) is 48.7 Å². The molecule has 2 aromatic carbocycles. The molecule has 0 saturated carbocycles. The number of benzene rings is 2. The molecule has 3 aromatic rings. The summed E-state index contributed by atoms with van der Waals surface area (Å²) < 4.78 is 0. The smallest absolute Gasteiger partial charge is 0.330 e. The predicted octanol–water partition coefficient (Wildman–Crippen LogP) is 5.13. The van der Waals surface area contributed by atoms with Gasteiger partial charge in [0, 0.05) is 30.1 Å². The molecule has 1 aliphatic rings. The van der Waals surface area contributed by atoms with Crippen LogP contribution in [-0.2, 0) is 6.54 Å². The highest BCUT2D eigenvalue weighted by Gasteiger charge is 2.32. The van der Waals surface area contributed by atoms with E-state index in [0.717, 1.165) is 12.0 Å².